The Bertz CT molecular complexity index is 671. The number of aromatic nitrogens is 1. The number of benzene rings is 1. The summed E-state index contributed by atoms with van der Waals surface area (Å²) in [5, 5.41) is 13.3. The van der Waals surface area contributed by atoms with E-state index in [1.54, 1.807) is 0 Å². The largest absolute Gasteiger partial charge is 0.396 e. The summed E-state index contributed by atoms with van der Waals surface area (Å²) in [6.45, 7) is 8.95. The standard InChI is InChI=1S/C18H26N2O2/c1-12-8-13(2)14-10-16(20-15(14)9-12)17(22)19-7-5-6-18(3,4)11-21/h8-10,20-21H,5-7,11H2,1-4H3,(H,19,22). The van der Waals surface area contributed by atoms with E-state index >= 15 is 0 Å². The monoisotopic (exact) mass is 302 g/mol. The number of rotatable bonds is 6. The van der Waals surface area contributed by atoms with Crippen molar-refractivity contribution in [1.82, 2.24) is 10.3 Å². The summed E-state index contributed by atoms with van der Waals surface area (Å²) >= 11 is 0. The number of aryl methyl sites for hydroxylation is 2. The van der Waals surface area contributed by atoms with Crippen molar-refractivity contribution in [3.05, 3.63) is 35.0 Å². The normalized spacial score (nSPS) is 11.9. The van der Waals surface area contributed by atoms with Crippen LogP contribution in [-0.4, -0.2) is 29.1 Å². The zero-order valence-electron chi connectivity index (χ0n) is 13.9. The molecule has 4 heteroatoms. The van der Waals surface area contributed by atoms with Crippen LogP contribution in [0.3, 0.4) is 0 Å². The molecule has 0 atom stereocenters. The molecule has 3 N–H and O–H groups in total. The highest BCUT2D eigenvalue weighted by molar-refractivity contribution is 5.98. The molecule has 0 bridgehead atoms. The highest BCUT2D eigenvalue weighted by atomic mass is 16.3. The van der Waals surface area contributed by atoms with E-state index in [9.17, 15) is 9.90 Å². The Balaban J connectivity index is 1.97. The van der Waals surface area contributed by atoms with Crippen molar-refractivity contribution >= 4 is 16.8 Å². The molecule has 22 heavy (non-hydrogen) atoms. The van der Waals surface area contributed by atoms with Crippen molar-refractivity contribution in [2.45, 2.75) is 40.5 Å². The smallest absolute Gasteiger partial charge is 0.267 e. The quantitative estimate of drug-likeness (QED) is 0.717. The predicted octanol–water partition coefficient (Wildman–Crippen LogP) is 3.31. The lowest BCUT2D eigenvalue weighted by molar-refractivity contribution is 0.0944. The third kappa shape index (κ3) is 3.89. The molecule has 1 aromatic heterocycles. The second-order valence-corrected chi connectivity index (χ2v) is 6.91. The number of fused-ring (bicyclic) bond motifs is 1. The number of aromatic amines is 1. The van der Waals surface area contributed by atoms with Crippen LogP contribution in [0.2, 0.25) is 0 Å². The summed E-state index contributed by atoms with van der Waals surface area (Å²) in [5.74, 6) is -0.0740. The van der Waals surface area contributed by atoms with E-state index in [2.05, 4.69) is 36.3 Å². The third-order valence-corrected chi connectivity index (χ3v) is 4.08. The van der Waals surface area contributed by atoms with Gasteiger partial charge in [0.15, 0.2) is 0 Å². The SMILES string of the molecule is Cc1cc(C)c2cc(C(=O)NCCCC(C)(C)CO)[nH]c2c1. The first-order valence-electron chi connectivity index (χ1n) is 7.81. The van der Waals surface area contributed by atoms with Crippen molar-refractivity contribution in [1.29, 1.82) is 0 Å². The number of carbonyl (C=O) groups is 1. The minimum atomic E-state index is -0.0829. The highest BCUT2D eigenvalue weighted by Crippen LogP contribution is 2.22. The molecule has 1 heterocycles. The highest BCUT2D eigenvalue weighted by Gasteiger charge is 2.16. The zero-order valence-corrected chi connectivity index (χ0v) is 13.9. The molecule has 0 aliphatic heterocycles. The van der Waals surface area contributed by atoms with Gasteiger partial charge in [-0.3, -0.25) is 4.79 Å². The molecule has 0 fully saturated rings. The van der Waals surface area contributed by atoms with E-state index in [0.29, 0.717) is 12.2 Å². The van der Waals surface area contributed by atoms with E-state index in [-0.39, 0.29) is 17.9 Å². The first-order chi connectivity index (χ1) is 10.3. The first kappa shape index (κ1) is 16.6. The molecule has 0 saturated heterocycles. The first-order valence-corrected chi connectivity index (χ1v) is 7.81. The number of aliphatic hydroxyl groups is 1. The molecular weight excluding hydrogens is 276 g/mol. The van der Waals surface area contributed by atoms with Gasteiger partial charge in [0.1, 0.15) is 5.69 Å². The van der Waals surface area contributed by atoms with Crippen molar-refractivity contribution in [3.8, 4) is 0 Å². The molecule has 0 unspecified atom stereocenters. The van der Waals surface area contributed by atoms with Gasteiger partial charge in [-0.25, -0.2) is 0 Å². The predicted molar refractivity (Wildman–Crippen MR) is 90.2 cm³/mol. The van der Waals surface area contributed by atoms with E-state index in [1.165, 1.54) is 11.1 Å². The van der Waals surface area contributed by atoms with Gasteiger partial charge in [-0.05, 0) is 55.4 Å². The maximum Gasteiger partial charge on any atom is 0.267 e. The molecular formula is C18H26N2O2. The number of hydrogen-bond acceptors (Lipinski definition) is 2. The fourth-order valence-corrected chi connectivity index (χ4v) is 2.66. The van der Waals surface area contributed by atoms with E-state index in [0.717, 1.165) is 23.7 Å². The van der Waals surface area contributed by atoms with Crippen LogP contribution in [0, 0.1) is 19.3 Å². The number of hydrogen-bond donors (Lipinski definition) is 3. The minimum Gasteiger partial charge on any atom is -0.396 e. The van der Waals surface area contributed by atoms with Crippen LogP contribution in [-0.2, 0) is 0 Å². The minimum absolute atomic E-state index is 0.0740. The molecule has 2 aromatic rings. The van der Waals surface area contributed by atoms with Crippen LogP contribution >= 0.6 is 0 Å². The third-order valence-electron chi connectivity index (χ3n) is 4.08. The molecule has 120 valence electrons. The average molecular weight is 302 g/mol. The Hall–Kier alpha value is -1.81. The van der Waals surface area contributed by atoms with E-state index in [4.69, 9.17) is 0 Å². The summed E-state index contributed by atoms with van der Waals surface area (Å²) in [5.41, 5.74) is 3.88. The molecule has 2 rings (SSSR count). The Morgan fingerprint density at radius 1 is 1.27 bits per heavy atom. The summed E-state index contributed by atoms with van der Waals surface area (Å²) in [7, 11) is 0. The molecule has 1 aromatic carbocycles. The van der Waals surface area contributed by atoms with Gasteiger partial charge in [-0.2, -0.15) is 0 Å². The number of H-pyrrole nitrogens is 1. The maximum atomic E-state index is 12.2. The van der Waals surface area contributed by atoms with Crippen LogP contribution in [0.1, 0.15) is 48.3 Å². The van der Waals surface area contributed by atoms with Crippen LogP contribution in [0.4, 0.5) is 0 Å². The maximum absolute atomic E-state index is 12.2. The summed E-state index contributed by atoms with van der Waals surface area (Å²) < 4.78 is 0. The van der Waals surface area contributed by atoms with Gasteiger partial charge in [0.2, 0.25) is 0 Å². The van der Waals surface area contributed by atoms with E-state index in [1.807, 2.05) is 19.9 Å². The zero-order chi connectivity index (χ0) is 16.3. The van der Waals surface area contributed by atoms with Crippen molar-refractivity contribution in [2.24, 2.45) is 5.41 Å². The summed E-state index contributed by atoms with van der Waals surface area (Å²) in [6.07, 6.45) is 1.74. The molecule has 1 amide bonds. The summed E-state index contributed by atoms with van der Waals surface area (Å²) in [4.78, 5) is 15.4. The van der Waals surface area contributed by atoms with E-state index < -0.39 is 0 Å². The van der Waals surface area contributed by atoms with Gasteiger partial charge in [-0.1, -0.05) is 19.9 Å². The molecule has 0 radical (unpaired) electrons. The second-order valence-electron chi connectivity index (χ2n) is 6.91. The average Bonchev–Trinajstić information content (AvgIpc) is 2.87. The lowest BCUT2D eigenvalue weighted by atomic mass is 9.89. The van der Waals surface area contributed by atoms with Crippen LogP contribution in [0.25, 0.3) is 10.9 Å². The fourth-order valence-electron chi connectivity index (χ4n) is 2.66. The van der Waals surface area contributed by atoms with Gasteiger partial charge in [0.05, 0.1) is 0 Å². The summed E-state index contributed by atoms with van der Waals surface area (Å²) in [6, 6.07) is 6.09. The van der Waals surface area contributed by atoms with Crippen molar-refractivity contribution in [3.63, 3.8) is 0 Å². The molecule has 0 aliphatic rings. The molecule has 0 saturated carbocycles. The molecule has 0 aliphatic carbocycles. The van der Waals surface area contributed by atoms with Crippen LogP contribution < -0.4 is 5.32 Å². The van der Waals surface area contributed by atoms with Gasteiger partial charge in [0.25, 0.3) is 5.91 Å². The topological polar surface area (TPSA) is 65.1 Å². The van der Waals surface area contributed by atoms with Crippen molar-refractivity contribution in [2.75, 3.05) is 13.2 Å². The molecule has 4 nitrogen and oxygen atoms in total. The van der Waals surface area contributed by atoms with Gasteiger partial charge >= 0.3 is 0 Å². The van der Waals surface area contributed by atoms with Gasteiger partial charge in [-0.15, -0.1) is 0 Å². The number of nitrogens with one attached hydrogen (secondary N) is 2. The molecule has 0 spiro atoms. The lowest BCUT2D eigenvalue weighted by Gasteiger charge is -2.21. The number of carbonyl (C=O) groups excluding carboxylic acids is 1. The van der Waals surface area contributed by atoms with Gasteiger partial charge < -0.3 is 15.4 Å². The Morgan fingerprint density at radius 2 is 2.00 bits per heavy atom. The Morgan fingerprint density at radius 3 is 2.68 bits per heavy atom. The lowest BCUT2D eigenvalue weighted by Crippen LogP contribution is -2.26. The number of amides is 1. The van der Waals surface area contributed by atoms with Crippen molar-refractivity contribution < 1.29 is 9.90 Å². The Kier molecular flexibility index (Phi) is 4.91. The number of aliphatic hydroxyl groups excluding tert-OH is 1. The van der Waals surface area contributed by atoms with Gasteiger partial charge in [0, 0.05) is 24.1 Å². The fraction of sp³-hybridized carbons (Fsp3) is 0.500. The van der Waals surface area contributed by atoms with Crippen LogP contribution in [0.5, 0.6) is 0 Å². The second kappa shape index (κ2) is 6.53. The van der Waals surface area contributed by atoms with Crippen LogP contribution in [0.15, 0.2) is 18.2 Å². The Labute approximate surface area is 131 Å².